The van der Waals surface area contributed by atoms with Crippen LogP contribution in [0.15, 0.2) is 0 Å². The molecular weight excluding hydrogens is 179 g/mol. The molecule has 0 bridgehead atoms. The van der Waals surface area contributed by atoms with Gasteiger partial charge in [-0.2, -0.15) is 0 Å². The van der Waals surface area contributed by atoms with Crippen LogP contribution in [0.4, 0.5) is 4.39 Å². The molecule has 0 radical (unpaired) electrons. The van der Waals surface area contributed by atoms with Crippen molar-refractivity contribution in [2.75, 3.05) is 6.67 Å². The summed E-state index contributed by atoms with van der Waals surface area (Å²) < 4.78 is 11.7. The highest BCUT2D eigenvalue weighted by Gasteiger charge is 2.02. The van der Waals surface area contributed by atoms with Crippen molar-refractivity contribution in [1.82, 2.24) is 0 Å². The van der Waals surface area contributed by atoms with Gasteiger partial charge in [0, 0.05) is 0 Å². The number of unbranched alkanes of at least 4 members (excludes halogenated alkanes) is 5. The van der Waals surface area contributed by atoms with Crippen LogP contribution in [0, 0.1) is 0 Å². The lowest BCUT2D eigenvalue weighted by Crippen LogP contribution is -2.05. The minimum Gasteiger partial charge on any atom is -0.393 e. The molecule has 0 aliphatic carbocycles. The van der Waals surface area contributed by atoms with Crippen LogP contribution in [-0.4, -0.2) is 17.9 Å². The van der Waals surface area contributed by atoms with E-state index >= 15 is 0 Å². The van der Waals surface area contributed by atoms with E-state index in [2.05, 4.69) is 6.92 Å². The molecule has 0 saturated heterocycles. The van der Waals surface area contributed by atoms with E-state index in [1.165, 1.54) is 19.3 Å². The molecule has 1 N–H and O–H groups in total. The molecule has 0 aromatic rings. The molecule has 86 valence electrons. The van der Waals surface area contributed by atoms with Gasteiger partial charge in [0.2, 0.25) is 0 Å². The lowest BCUT2D eigenvalue weighted by molar-refractivity contribution is 0.147. The van der Waals surface area contributed by atoms with E-state index < -0.39 is 0 Å². The summed E-state index contributed by atoms with van der Waals surface area (Å²) in [5.74, 6) is 0. The normalized spacial score (nSPS) is 13.1. The van der Waals surface area contributed by atoms with Crippen LogP contribution in [0.5, 0.6) is 0 Å². The second-order valence-corrected chi connectivity index (χ2v) is 4.04. The molecule has 0 heterocycles. The maximum Gasteiger partial charge on any atom is 0.0894 e. The van der Waals surface area contributed by atoms with Crippen molar-refractivity contribution >= 4 is 0 Å². The van der Waals surface area contributed by atoms with Crippen LogP contribution in [0.3, 0.4) is 0 Å². The first-order valence-electron chi connectivity index (χ1n) is 6.05. The first-order chi connectivity index (χ1) is 6.81. The Bertz CT molecular complexity index is 94.5. The quantitative estimate of drug-likeness (QED) is 0.536. The predicted molar refractivity (Wildman–Crippen MR) is 59.2 cm³/mol. The zero-order valence-electron chi connectivity index (χ0n) is 9.47. The molecule has 0 rings (SSSR count). The lowest BCUT2D eigenvalue weighted by Gasteiger charge is -2.09. The van der Waals surface area contributed by atoms with Gasteiger partial charge in [-0.05, 0) is 19.3 Å². The van der Waals surface area contributed by atoms with Crippen LogP contribution in [0.2, 0.25) is 0 Å². The average Bonchev–Trinajstić information content (AvgIpc) is 2.19. The van der Waals surface area contributed by atoms with Gasteiger partial charge in [0.25, 0.3) is 0 Å². The summed E-state index contributed by atoms with van der Waals surface area (Å²) in [5.41, 5.74) is 0. The molecule has 0 fully saturated rings. The Morgan fingerprint density at radius 3 is 2.00 bits per heavy atom. The van der Waals surface area contributed by atoms with Gasteiger partial charge in [-0.15, -0.1) is 0 Å². The van der Waals surface area contributed by atoms with Gasteiger partial charge in [0.15, 0.2) is 0 Å². The summed E-state index contributed by atoms with van der Waals surface area (Å²) in [5, 5.41) is 9.55. The number of aliphatic hydroxyl groups is 1. The molecule has 0 saturated carbocycles. The second-order valence-electron chi connectivity index (χ2n) is 4.04. The van der Waals surface area contributed by atoms with Crippen molar-refractivity contribution in [3.8, 4) is 0 Å². The maximum atomic E-state index is 11.7. The maximum absolute atomic E-state index is 11.7. The van der Waals surface area contributed by atoms with E-state index in [-0.39, 0.29) is 12.8 Å². The fourth-order valence-electron chi connectivity index (χ4n) is 1.60. The number of hydrogen-bond acceptors (Lipinski definition) is 1. The smallest absolute Gasteiger partial charge is 0.0894 e. The Balaban J connectivity index is 3.07. The Morgan fingerprint density at radius 1 is 0.929 bits per heavy atom. The van der Waals surface area contributed by atoms with E-state index in [1.54, 1.807) is 0 Å². The zero-order valence-corrected chi connectivity index (χ0v) is 9.47. The van der Waals surface area contributed by atoms with Gasteiger partial charge < -0.3 is 5.11 Å². The molecule has 1 nitrogen and oxygen atoms in total. The van der Waals surface area contributed by atoms with Crippen molar-refractivity contribution in [2.24, 2.45) is 0 Å². The molecule has 2 heteroatoms. The summed E-state index contributed by atoms with van der Waals surface area (Å²) in [6, 6.07) is 0. The highest BCUT2D eigenvalue weighted by molar-refractivity contribution is 4.56. The van der Waals surface area contributed by atoms with E-state index in [0.717, 1.165) is 32.1 Å². The summed E-state index contributed by atoms with van der Waals surface area (Å²) in [4.78, 5) is 0. The first-order valence-corrected chi connectivity index (χ1v) is 6.05. The van der Waals surface area contributed by atoms with Crippen molar-refractivity contribution in [3.63, 3.8) is 0 Å². The van der Waals surface area contributed by atoms with Gasteiger partial charge in [0.05, 0.1) is 12.8 Å². The molecule has 0 aromatic heterocycles. The Kier molecular flexibility index (Phi) is 10.9. The largest absolute Gasteiger partial charge is 0.393 e. The highest BCUT2D eigenvalue weighted by Crippen LogP contribution is 2.11. The molecule has 0 amide bonds. The van der Waals surface area contributed by atoms with Crippen LogP contribution in [0.1, 0.15) is 64.7 Å². The van der Waals surface area contributed by atoms with Crippen molar-refractivity contribution < 1.29 is 9.50 Å². The SMILES string of the molecule is CCCCCCC(O)CCCCCF. The summed E-state index contributed by atoms with van der Waals surface area (Å²) in [7, 11) is 0. The minimum atomic E-state index is -0.216. The molecule has 0 aliphatic rings. The van der Waals surface area contributed by atoms with Crippen LogP contribution >= 0.6 is 0 Å². The summed E-state index contributed by atoms with van der Waals surface area (Å²) in [6.07, 6.45) is 9.06. The van der Waals surface area contributed by atoms with Crippen LogP contribution < -0.4 is 0 Å². The number of halogens is 1. The molecule has 0 aromatic carbocycles. The average molecular weight is 204 g/mol. The predicted octanol–water partition coefficient (Wildman–Crippen LogP) is 3.85. The first kappa shape index (κ1) is 13.9. The fraction of sp³-hybridized carbons (Fsp3) is 1.00. The Morgan fingerprint density at radius 2 is 1.50 bits per heavy atom. The van der Waals surface area contributed by atoms with Crippen LogP contribution in [0.25, 0.3) is 0 Å². The number of aliphatic hydroxyl groups excluding tert-OH is 1. The zero-order chi connectivity index (χ0) is 10.6. The van der Waals surface area contributed by atoms with Crippen LogP contribution in [-0.2, 0) is 0 Å². The van der Waals surface area contributed by atoms with E-state index in [1.807, 2.05) is 0 Å². The summed E-state index contributed by atoms with van der Waals surface area (Å²) >= 11 is 0. The Labute approximate surface area is 87.7 Å². The minimum absolute atomic E-state index is 0.147. The number of rotatable bonds is 10. The van der Waals surface area contributed by atoms with Crippen molar-refractivity contribution in [2.45, 2.75) is 70.8 Å². The molecule has 1 atom stereocenters. The molecule has 1 unspecified atom stereocenters. The monoisotopic (exact) mass is 204 g/mol. The molecule has 0 spiro atoms. The standard InChI is InChI=1S/C12H25FO/c1-2-3-4-6-9-12(14)10-7-5-8-11-13/h12,14H,2-11H2,1H3. The third kappa shape index (κ3) is 9.97. The van der Waals surface area contributed by atoms with Gasteiger partial charge in [0.1, 0.15) is 0 Å². The second kappa shape index (κ2) is 11.0. The van der Waals surface area contributed by atoms with E-state index in [0.29, 0.717) is 6.42 Å². The third-order valence-electron chi connectivity index (χ3n) is 2.56. The number of alkyl halides is 1. The van der Waals surface area contributed by atoms with Gasteiger partial charge in [-0.1, -0.05) is 45.4 Å². The lowest BCUT2D eigenvalue weighted by atomic mass is 10.0. The molecule has 14 heavy (non-hydrogen) atoms. The van der Waals surface area contributed by atoms with Gasteiger partial charge in [-0.3, -0.25) is 4.39 Å². The van der Waals surface area contributed by atoms with Crippen molar-refractivity contribution in [1.29, 1.82) is 0 Å². The highest BCUT2D eigenvalue weighted by atomic mass is 19.1. The van der Waals surface area contributed by atoms with Gasteiger partial charge >= 0.3 is 0 Å². The topological polar surface area (TPSA) is 20.2 Å². The van der Waals surface area contributed by atoms with E-state index in [4.69, 9.17) is 0 Å². The van der Waals surface area contributed by atoms with Crippen molar-refractivity contribution in [3.05, 3.63) is 0 Å². The fourth-order valence-corrected chi connectivity index (χ4v) is 1.60. The van der Waals surface area contributed by atoms with Gasteiger partial charge in [-0.25, -0.2) is 0 Å². The number of hydrogen-bond donors (Lipinski definition) is 1. The molecule has 0 aliphatic heterocycles. The Hall–Kier alpha value is -0.110. The molecular formula is C12H25FO. The third-order valence-corrected chi connectivity index (χ3v) is 2.56. The van der Waals surface area contributed by atoms with E-state index in [9.17, 15) is 9.50 Å². The summed E-state index contributed by atoms with van der Waals surface area (Å²) in [6.45, 7) is 1.97.